The molecule has 11 nitrogen and oxygen atoms in total. The summed E-state index contributed by atoms with van der Waals surface area (Å²) in [6.07, 6.45) is -1.94. The molecular weight excluding hydrogens is 420 g/mol. The van der Waals surface area contributed by atoms with Crippen LogP contribution < -0.4 is 11.0 Å². The van der Waals surface area contributed by atoms with E-state index >= 15 is 0 Å². The molecule has 11 heteroatoms. The summed E-state index contributed by atoms with van der Waals surface area (Å²) in [5.74, 6) is -0.345. The number of nitrogens with zero attached hydrogens (tertiary/aromatic N) is 3. The molecule has 0 spiro atoms. The lowest BCUT2D eigenvalue weighted by Crippen LogP contribution is -2.42. The van der Waals surface area contributed by atoms with Gasteiger partial charge in [-0.15, -0.1) is 0 Å². The molecule has 0 unspecified atom stereocenters. The van der Waals surface area contributed by atoms with Gasteiger partial charge in [-0.25, -0.2) is 14.4 Å². The van der Waals surface area contributed by atoms with E-state index in [-0.39, 0.29) is 18.8 Å². The van der Waals surface area contributed by atoms with Gasteiger partial charge in [0.2, 0.25) is 0 Å². The van der Waals surface area contributed by atoms with Gasteiger partial charge in [-0.3, -0.25) is 14.3 Å². The maximum atomic E-state index is 12.6. The smallest absolute Gasteiger partial charge is 0.450 e. The quantitative estimate of drug-likeness (QED) is 0.686. The van der Waals surface area contributed by atoms with Crippen LogP contribution >= 0.6 is 0 Å². The largest absolute Gasteiger partial charge is 0.507 e. The van der Waals surface area contributed by atoms with Crippen LogP contribution in [0.15, 0.2) is 47.4 Å². The van der Waals surface area contributed by atoms with E-state index in [4.69, 9.17) is 14.6 Å². The first-order chi connectivity index (χ1) is 15.0. The van der Waals surface area contributed by atoms with Crippen LogP contribution in [-0.2, 0) is 9.47 Å². The lowest BCUT2D eigenvalue weighted by molar-refractivity contribution is -0.0324. The maximum absolute atomic E-state index is 12.6. The number of aromatic nitrogens is 2. The SMILES string of the molecule is CC(C)(C)OC(=O)N1C[C@@H](n2ccc(NC(=O)c3ccccc3)nc2=O)C[C@@H]1OC(=O)O. The van der Waals surface area contributed by atoms with Crippen LogP contribution in [0, 0.1) is 0 Å². The van der Waals surface area contributed by atoms with Gasteiger partial charge >= 0.3 is 17.9 Å². The molecule has 1 aliphatic heterocycles. The second-order valence-electron chi connectivity index (χ2n) is 8.18. The average molecular weight is 444 g/mol. The second-order valence-corrected chi connectivity index (χ2v) is 8.18. The number of amides is 2. The first-order valence-corrected chi connectivity index (χ1v) is 9.88. The zero-order valence-corrected chi connectivity index (χ0v) is 17.8. The van der Waals surface area contributed by atoms with Crippen molar-refractivity contribution >= 4 is 24.0 Å². The number of nitrogens with one attached hydrogen (secondary N) is 1. The van der Waals surface area contributed by atoms with E-state index in [1.165, 1.54) is 16.8 Å². The number of hydrogen-bond acceptors (Lipinski definition) is 7. The van der Waals surface area contributed by atoms with Gasteiger partial charge in [0.25, 0.3) is 5.91 Å². The molecule has 1 aromatic heterocycles. The Morgan fingerprint density at radius 2 is 1.84 bits per heavy atom. The van der Waals surface area contributed by atoms with Crippen molar-refractivity contribution in [2.24, 2.45) is 0 Å². The minimum atomic E-state index is -1.55. The summed E-state index contributed by atoms with van der Waals surface area (Å²) in [5, 5.41) is 11.6. The van der Waals surface area contributed by atoms with Crippen LogP contribution in [0.5, 0.6) is 0 Å². The minimum Gasteiger partial charge on any atom is -0.450 e. The van der Waals surface area contributed by atoms with Crippen LogP contribution in [0.1, 0.15) is 43.6 Å². The summed E-state index contributed by atoms with van der Waals surface area (Å²) in [4.78, 5) is 53.4. The molecule has 0 saturated carbocycles. The minimum absolute atomic E-state index is 0.00975. The van der Waals surface area contributed by atoms with Crippen LogP contribution in [-0.4, -0.2) is 56.1 Å². The van der Waals surface area contributed by atoms with E-state index < -0.39 is 41.7 Å². The van der Waals surface area contributed by atoms with Crippen molar-refractivity contribution in [3.8, 4) is 0 Å². The average Bonchev–Trinajstić information content (AvgIpc) is 3.10. The predicted molar refractivity (Wildman–Crippen MR) is 112 cm³/mol. The fraction of sp³-hybridized carbons (Fsp3) is 0.381. The topological polar surface area (TPSA) is 140 Å². The summed E-state index contributed by atoms with van der Waals surface area (Å²) < 4.78 is 11.4. The second kappa shape index (κ2) is 9.08. The molecule has 1 aliphatic rings. The third-order valence-electron chi connectivity index (χ3n) is 4.59. The van der Waals surface area contributed by atoms with Crippen molar-refractivity contribution in [2.75, 3.05) is 11.9 Å². The predicted octanol–water partition coefficient (Wildman–Crippen LogP) is 2.70. The van der Waals surface area contributed by atoms with Gasteiger partial charge in [0.15, 0.2) is 6.23 Å². The Bertz CT molecular complexity index is 1060. The Morgan fingerprint density at radius 3 is 2.44 bits per heavy atom. The summed E-state index contributed by atoms with van der Waals surface area (Å²) in [6, 6.07) is 9.32. The van der Waals surface area contributed by atoms with Gasteiger partial charge < -0.3 is 19.9 Å². The van der Waals surface area contributed by atoms with Gasteiger partial charge in [-0.1, -0.05) is 18.2 Å². The molecule has 1 aromatic carbocycles. The van der Waals surface area contributed by atoms with Crippen LogP contribution in [0.25, 0.3) is 0 Å². The van der Waals surface area contributed by atoms with Crippen molar-refractivity contribution in [3.05, 3.63) is 58.6 Å². The molecule has 32 heavy (non-hydrogen) atoms. The molecule has 1 fully saturated rings. The number of rotatable bonds is 4. The van der Waals surface area contributed by atoms with Crippen molar-refractivity contribution in [3.63, 3.8) is 0 Å². The molecule has 2 atom stereocenters. The number of benzene rings is 1. The highest BCUT2D eigenvalue weighted by Gasteiger charge is 2.41. The number of ether oxygens (including phenoxy) is 2. The Labute approximate surface area is 183 Å². The molecule has 2 heterocycles. The van der Waals surface area contributed by atoms with Crippen LogP contribution in [0.4, 0.5) is 15.4 Å². The molecule has 0 radical (unpaired) electrons. The van der Waals surface area contributed by atoms with Crippen molar-refractivity contribution in [1.29, 1.82) is 0 Å². The molecule has 2 N–H and O–H groups in total. The van der Waals surface area contributed by atoms with E-state index in [0.717, 1.165) is 4.90 Å². The van der Waals surface area contributed by atoms with Crippen molar-refractivity contribution in [2.45, 2.75) is 45.1 Å². The Kier molecular flexibility index (Phi) is 6.47. The third kappa shape index (κ3) is 5.62. The Hall–Kier alpha value is -3.89. The molecule has 1 saturated heterocycles. The summed E-state index contributed by atoms with van der Waals surface area (Å²) in [7, 11) is 0. The monoisotopic (exact) mass is 444 g/mol. The summed E-state index contributed by atoms with van der Waals surface area (Å²) in [6.45, 7) is 5.04. The normalized spacial score (nSPS) is 18.2. The molecular formula is C21H24N4O7. The Balaban J connectivity index is 1.76. The van der Waals surface area contributed by atoms with Gasteiger partial charge in [-0.05, 0) is 39.0 Å². The van der Waals surface area contributed by atoms with E-state index in [9.17, 15) is 19.2 Å². The highest BCUT2D eigenvalue weighted by molar-refractivity contribution is 6.03. The zero-order chi connectivity index (χ0) is 23.5. The van der Waals surface area contributed by atoms with E-state index in [1.807, 2.05) is 0 Å². The standard InChI is InChI=1S/C21H24N4O7/c1-21(2,3)32-19(28)25-12-14(11-16(25)31-20(29)30)24-10-9-15(23-18(24)27)22-17(26)13-7-5-4-6-8-13/h4-10,14,16H,11-12H2,1-3H3,(H,29,30)(H,22,23,26,27)/t14-,16-/m0/s1. The van der Waals surface area contributed by atoms with E-state index in [0.29, 0.717) is 5.56 Å². The lowest BCUT2D eigenvalue weighted by Gasteiger charge is -2.27. The number of hydrogen-bond donors (Lipinski definition) is 2. The Morgan fingerprint density at radius 1 is 1.16 bits per heavy atom. The first kappa shape index (κ1) is 22.8. The van der Waals surface area contributed by atoms with Crippen LogP contribution in [0.3, 0.4) is 0 Å². The molecule has 2 aromatic rings. The van der Waals surface area contributed by atoms with Gasteiger partial charge in [0.1, 0.15) is 11.4 Å². The van der Waals surface area contributed by atoms with Crippen molar-refractivity contribution in [1.82, 2.24) is 14.5 Å². The first-order valence-electron chi connectivity index (χ1n) is 9.88. The summed E-state index contributed by atoms with van der Waals surface area (Å²) in [5.41, 5.74) is -1.04. The number of carbonyl (C=O) groups excluding carboxylic acids is 2. The molecule has 0 aliphatic carbocycles. The molecule has 3 rings (SSSR count). The maximum Gasteiger partial charge on any atom is 0.507 e. The fourth-order valence-electron chi connectivity index (χ4n) is 3.26. The van der Waals surface area contributed by atoms with Crippen molar-refractivity contribution < 1.29 is 29.0 Å². The summed E-state index contributed by atoms with van der Waals surface area (Å²) >= 11 is 0. The number of likely N-dealkylation sites (tertiary alicyclic amines) is 1. The van der Waals surface area contributed by atoms with Gasteiger partial charge in [-0.2, -0.15) is 4.98 Å². The molecule has 0 bridgehead atoms. The number of carbonyl (C=O) groups is 3. The number of carboxylic acid groups (broad SMARTS) is 1. The van der Waals surface area contributed by atoms with E-state index in [1.54, 1.807) is 51.1 Å². The highest BCUT2D eigenvalue weighted by atomic mass is 16.7. The molecule has 170 valence electrons. The zero-order valence-electron chi connectivity index (χ0n) is 17.8. The van der Waals surface area contributed by atoms with Crippen LogP contribution in [0.2, 0.25) is 0 Å². The van der Waals surface area contributed by atoms with E-state index in [2.05, 4.69) is 10.3 Å². The lowest BCUT2D eigenvalue weighted by atomic mass is 10.2. The number of anilines is 1. The fourth-order valence-corrected chi connectivity index (χ4v) is 3.26. The van der Waals surface area contributed by atoms with Gasteiger partial charge in [0, 0.05) is 24.7 Å². The highest BCUT2D eigenvalue weighted by Crippen LogP contribution is 2.29. The third-order valence-corrected chi connectivity index (χ3v) is 4.59. The van der Waals surface area contributed by atoms with Gasteiger partial charge in [0.05, 0.1) is 6.04 Å². The molecule has 2 amide bonds.